The van der Waals surface area contributed by atoms with E-state index in [1.54, 1.807) is 6.92 Å². The maximum atomic E-state index is 13.6. The van der Waals surface area contributed by atoms with Crippen LogP contribution in [0.5, 0.6) is 11.5 Å². The number of rotatable bonds is 6. The van der Waals surface area contributed by atoms with Crippen LogP contribution in [0, 0.1) is 11.6 Å². The zero-order valence-corrected chi connectivity index (χ0v) is 12.5. The third-order valence-corrected chi connectivity index (χ3v) is 2.91. The number of anilines is 1. The number of carbonyl (C=O) groups is 1. The first-order chi connectivity index (χ1) is 11.4. The van der Waals surface area contributed by atoms with Crippen LogP contribution >= 0.6 is 0 Å². The molecule has 0 aromatic heterocycles. The number of carbonyl (C=O) groups excluding carboxylic acids is 1. The van der Waals surface area contributed by atoms with Crippen LogP contribution in [-0.4, -0.2) is 19.1 Å². The van der Waals surface area contributed by atoms with Crippen molar-refractivity contribution in [3.8, 4) is 11.5 Å². The van der Waals surface area contributed by atoms with Crippen molar-refractivity contribution in [3.05, 3.63) is 53.6 Å². The number of hydrogen-bond acceptors (Lipinski definition) is 3. The second-order valence-electron chi connectivity index (χ2n) is 4.52. The molecule has 2 aromatic rings. The Kier molecular flexibility index (Phi) is 5.62. The van der Waals surface area contributed by atoms with Gasteiger partial charge in [-0.3, -0.25) is 4.79 Å². The summed E-state index contributed by atoms with van der Waals surface area (Å²) in [6, 6.07) is 6.65. The molecule has 0 aliphatic heterocycles. The molecule has 1 N–H and O–H groups in total. The highest BCUT2D eigenvalue weighted by atomic mass is 19.3. The summed E-state index contributed by atoms with van der Waals surface area (Å²) >= 11 is 0. The van der Waals surface area contributed by atoms with Crippen molar-refractivity contribution in [1.82, 2.24) is 0 Å². The van der Waals surface area contributed by atoms with Gasteiger partial charge < -0.3 is 14.8 Å². The van der Waals surface area contributed by atoms with Crippen LogP contribution in [0.25, 0.3) is 0 Å². The van der Waals surface area contributed by atoms with Gasteiger partial charge in [-0.1, -0.05) is 6.07 Å². The summed E-state index contributed by atoms with van der Waals surface area (Å²) in [6.45, 7) is -1.25. The van der Waals surface area contributed by atoms with Crippen LogP contribution in [0.4, 0.5) is 23.2 Å². The topological polar surface area (TPSA) is 47.6 Å². The molecule has 0 atom stereocenters. The van der Waals surface area contributed by atoms with Crippen molar-refractivity contribution >= 4 is 11.6 Å². The molecular weight excluding hydrogens is 330 g/mol. The van der Waals surface area contributed by atoms with Gasteiger partial charge in [0, 0.05) is 11.8 Å². The van der Waals surface area contributed by atoms with Gasteiger partial charge >= 0.3 is 6.61 Å². The molecule has 0 fully saturated rings. The van der Waals surface area contributed by atoms with Crippen LogP contribution in [0.15, 0.2) is 36.4 Å². The van der Waals surface area contributed by atoms with Crippen molar-refractivity contribution in [3.63, 3.8) is 0 Å². The van der Waals surface area contributed by atoms with Crippen LogP contribution in [-0.2, 0) is 0 Å². The minimum absolute atomic E-state index is 0.0374. The molecule has 0 aliphatic rings. The molecule has 0 radical (unpaired) electrons. The fourth-order valence-electron chi connectivity index (χ4n) is 1.96. The van der Waals surface area contributed by atoms with Gasteiger partial charge in [0.1, 0.15) is 17.2 Å². The fraction of sp³-hybridized carbons (Fsp3) is 0.188. The molecule has 0 heterocycles. The van der Waals surface area contributed by atoms with E-state index in [2.05, 4.69) is 10.1 Å². The summed E-state index contributed by atoms with van der Waals surface area (Å²) in [7, 11) is 0. The smallest absolute Gasteiger partial charge is 0.387 e. The van der Waals surface area contributed by atoms with Gasteiger partial charge in [-0.15, -0.1) is 0 Å². The lowest BCUT2D eigenvalue weighted by atomic mass is 10.1. The fourth-order valence-corrected chi connectivity index (χ4v) is 1.96. The van der Waals surface area contributed by atoms with E-state index < -0.39 is 29.7 Å². The zero-order chi connectivity index (χ0) is 17.7. The monoisotopic (exact) mass is 343 g/mol. The summed E-state index contributed by atoms with van der Waals surface area (Å²) in [5, 5.41) is 2.28. The molecule has 1 amide bonds. The molecule has 0 saturated heterocycles. The number of amides is 1. The number of halogens is 4. The summed E-state index contributed by atoms with van der Waals surface area (Å²) in [4.78, 5) is 12.0. The molecule has 2 rings (SSSR count). The van der Waals surface area contributed by atoms with Gasteiger partial charge in [-0.2, -0.15) is 8.78 Å². The van der Waals surface area contributed by atoms with E-state index >= 15 is 0 Å². The van der Waals surface area contributed by atoms with Gasteiger partial charge in [0.25, 0.3) is 5.91 Å². The molecular formula is C16H13F4NO3. The molecule has 0 bridgehead atoms. The van der Waals surface area contributed by atoms with Crippen molar-refractivity contribution in [2.45, 2.75) is 13.5 Å². The van der Waals surface area contributed by atoms with Crippen molar-refractivity contribution in [1.29, 1.82) is 0 Å². The first-order valence-corrected chi connectivity index (χ1v) is 6.89. The largest absolute Gasteiger partial charge is 0.490 e. The summed E-state index contributed by atoms with van der Waals surface area (Å²) in [5.41, 5.74) is -0.643. The average Bonchev–Trinajstić information content (AvgIpc) is 2.49. The molecule has 24 heavy (non-hydrogen) atoms. The Morgan fingerprint density at radius 3 is 2.38 bits per heavy atom. The number of ether oxygens (including phenoxy) is 2. The zero-order valence-electron chi connectivity index (χ0n) is 12.5. The molecule has 2 aromatic carbocycles. The minimum Gasteiger partial charge on any atom is -0.490 e. The van der Waals surface area contributed by atoms with Gasteiger partial charge in [0.2, 0.25) is 0 Å². The Balaban J connectivity index is 2.26. The molecule has 4 nitrogen and oxygen atoms in total. The van der Waals surface area contributed by atoms with Crippen molar-refractivity contribution < 1.29 is 31.8 Å². The highest BCUT2D eigenvalue weighted by Crippen LogP contribution is 2.32. The standard InChI is InChI=1S/C16H13F4NO3/c1-2-23-13-8-9(6-7-12(13)24-16(19)20)21-15(22)14-10(17)4-3-5-11(14)18/h3-8,16H,2H2,1H3,(H,21,22). The van der Waals surface area contributed by atoms with E-state index in [-0.39, 0.29) is 23.8 Å². The maximum absolute atomic E-state index is 13.6. The highest BCUT2D eigenvalue weighted by Gasteiger charge is 2.18. The van der Waals surface area contributed by atoms with E-state index in [9.17, 15) is 22.4 Å². The Morgan fingerprint density at radius 2 is 1.79 bits per heavy atom. The molecule has 128 valence electrons. The number of nitrogens with one attached hydrogen (secondary N) is 1. The SMILES string of the molecule is CCOc1cc(NC(=O)c2c(F)cccc2F)ccc1OC(F)F. The Hall–Kier alpha value is -2.77. The van der Waals surface area contributed by atoms with Crippen LogP contribution in [0.3, 0.4) is 0 Å². The van der Waals surface area contributed by atoms with Crippen LogP contribution < -0.4 is 14.8 Å². The van der Waals surface area contributed by atoms with E-state index in [1.807, 2.05) is 0 Å². The summed E-state index contributed by atoms with van der Waals surface area (Å²) in [6.07, 6.45) is 0. The summed E-state index contributed by atoms with van der Waals surface area (Å²) < 4.78 is 61.3. The normalized spacial score (nSPS) is 10.6. The first-order valence-electron chi connectivity index (χ1n) is 6.89. The third kappa shape index (κ3) is 4.15. The van der Waals surface area contributed by atoms with Crippen LogP contribution in [0.2, 0.25) is 0 Å². The Bertz CT molecular complexity index is 717. The van der Waals surface area contributed by atoms with Gasteiger partial charge in [-0.05, 0) is 31.2 Å². The highest BCUT2D eigenvalue weighted by molar-refractivity contribution is 6.04. The minimum atomic E-state index is -3.04. The second-order valence-corrected chi connectivity index (χ2v) is 4.52. The Labute approximate surface area is 135 Å². The van der Waals surface area contributed by atoms with Gasteiger partial charge in [0.15, 0.2) is 11.5 Å². The predicted octanol–water partition coefficient (Wildman–Crippen LogP) is 4.22. The molecule has 0 spiro atoms. The van der Waals surface area contributed by atoms with E-state index in [4.69, 9.17) is 4.74 Å². The maximum Gasteiger partial charge on any atom is 0.387 e. The van der Waals surface area contributed by atoms with Gasteiger partial charge in [-0.25, -0.2) is 8.78 Å². The second kappa shape index (κ2) is 7.67. The Morgan fingerprint density at radius 1 is 1.12 bits per heavy atom. The molecule has 0 aliphatic carbocycles. The first kappa shape index (κ1) is 17.6. The van der Waals surface area contributed by atoms with Crippen molar-refractivity contribution in [2.75, 3.05) is 11.9 Å². The summed E-state index contributed by atoms with van der Waals surface area (Å²) in [5.74, 6) is -3.31. The van der Waals surface area contributed by atoms with Crippen molar-refractivity contribution in [2.24, 2.45) is 0 Å². The number of alkyl halides is 2. The van der Waals surface area contributed by atoms with E-state index in [0.29, 0.717) is 0 Å². The van der Waals surface area contributed by atoms with Gasteiger partial charge in [0.05, 0.1) is 6.61 Å². The lowest BCUT2D eigenvalue weighted by Gasteiger charge is -2.13. The molecule has 0 saturated carbocycles. The number of hydrogen-bond donors (Lipinski definition) is 1. The quantitative estimate of drug-likeness (QED) is 0.799. The lowest BCUT2D eigenvalue weighted by Crippen LogP contribution is -2.16. The third-order valence-electron chi connectivity index (χ3n) is 2.91. The van der Waals surface area contributed by atoms with Crippen LogP contribution in [0.1, 0.15) is 17.3 Å². The van der Waals surface area contributed by atoms with E-state index in [0.717, 1.165) is 24.3 Å². The molecule has 8 heteroatoms. The average molecular weight is 343 g/mol. The van der Waals surface area contributed by atoms with E-state index in [1.165, 1.54) is 12.1 Å². The molecule has 0 unspecified atom stereocenters. The number of benzene rings is 2. The lowest BCUT2D eigenvalue weighted by molar-refractivity contribution is -0.0514. The predicted molar refractivity (Wildman–Crippen MR) is 78.6 cm³/mol.